The van der Waals surface area contributed by atoms with Gasteiger partial charge in [0.05, 0.1) is 5.56 Å². The first-order chi connectivity index (χ1) is 6.04. The lowest BCUT2D eigenvalue weighted by Crippen LogP contribution is -2.04. The lowest BCUT2D eigenvalue weighted by molar-refractivity contribution is -0.137. The molecule has 0 saturated heterocycles. The van der Waals surface area contributed by atoms with E-state index in [-0.39, 0.29) is 6.54 Å². The van der Waals surface area contributed by atoms with Crippen LogP contribution in [0.25, 0.3) is 4.85 Å². The summed E-state index contributed by atoms with van der Waals surface area (Å²) < 4.78 is 36.1. The molecule has 0 aliphatic rings. The van der Waals surface area contributed by atoms with Gasteiger partial charge in [-0.3, -0.25) is 0 Å². The Hall–Kier alpha value is -1.50. The molecule has 0 unspecified atom stereocenters. The Morgan fingerprint density at radius 1 is 1.15 bits per heavy atom. The van der Waals surface area contributed by atoms with Crippen LogP contribution in [0, 0.1) is 6.57 Å². The molecule has 0 bridgehead atoms. The third-order valence-corrected chi connectivity index (χ3v) is 1.54. The van der Waals surface area contributed by atoms with E-state index in [2.05, 4.69) is 4.85 Å². The highest BCUT2D eigenvalue weighted by Crippen LogP contribution is 2.29. The predicted molar refractivity (Wildman–Crippen MR) is 41.8 cm³/mol. The zero-order chi connectivity index (χ0) is 9.90. The van der Waals surface area contributed by atoms with Crippen molar-refractivity contribution in [2.75, 3.05) is 0 Å². The highest BCUT2D eigenvalue weighted by Gasteiger charge is 2.29. The van der Waals surface area contributed by atoms with Crippen LogP contribution in [0.3, 0.4) is 0 Å². The molecule has 0 aliphatic heterocycles. The lowest BCUT2D eigenvalue weighted by atomic mass is 10.1. The molecule has 0 amide bonds. The van der Waals surface area contributed by atoms with Crippen LogP contribution in [0.5, 0.6) is 0 Å². The summed E-state index contributed by atoms with van der Waals surface area (Å²) in [5.74, 6) is 0. The first kappa shape index (κ1) is 9.59. The van der Waals surface area contributed by atoms with Gasteiger partial charge in [-0.2, -0.15) is 13.2 Å². The average molecular weight is 185 g/mol. The summed E-state index contributed by atoms with van der Waals surface area (Å²) in [7, 11) is 0. The van der Waals surface area contributed by atoms with Crippen LogP contribution in [-0.4, -0.2) is 0 Å². The first-order valence-electron chi connectivity index (χ1n) is 3.53. The molecular formula is C9H6F3N. The molecule has 1 nitrogen and oxygen atoms in total. The second kappa shape index (κ2) is 3.48. The number of hydrogen-bond acceptors (Lipinski definition) is 0. The number of benzene rings is 1. The normalized spacial score (nSPS) is 10.9. The van der Waals surface area contributed by atoms with Gasteiger partial charge < -0.3 is 4.85 Å². The molecule has 1 aromatic carbocycles. The maximum Gasteiger partial charge on any atom is 0.416 e. The van der Waals surface area contributed by atoms with E-state index in [0.717, 1.165) is 12.1 Å². The molecule has 0 heterocycles. The monoisotopic (exact) mass is 185 g/mol. The number of hydrogen-bond donors (Lipinski definition) is 0. The minimum absolute atomic E-state index is 0.123. The Morgan fingerprint density at radius 3 is 2.08 bits per heavy atom. The Bertz CT molecular complexity index is 318. The summed E-state index contributed by atoms with van der Waals surface area (Å²) in [5, 5.41) is 0. The van der Waals surface area contributed by atoms with Crippen molar-refractivity contribution in [2.45, 2.75) is 12.7 Å². The second-order valence-electron chi connectivity index (χ2n) is 2.51. The lowest BCUT2D eigenvalue weighted by Gasteiger charge is -2.05. The van der Waals surface area contributed by atoms with Gasteiger partial charge in [-0.05, 0) is 12.1 Å². The molecular weight excluding hydrogens is 179 g/mol. The van der Waals surface area contributed by atoms with Gasteiger partial charge in [-0.25, -0.2) is 6.57 Å². The van der Waals surface area contributed by atoms with Crippen LogP contribution in [0.1, 0.15) is 11.1 Å². The van der Waals surface area contributed by atoms with E-state index < -0.39 is 11.7 Å². The Balaban J connectivity index is 2.89. The fourth-order valence-electron chi connectivity index (χ4n) is 0.890. The second-order valence-corrected chi connectivity index (χ2v) is 2.51. The molecule has 0 aliphatic carbocycles. The third-order valence-electron chi connectivity index (χ3n) is 1.54. The standard InChI is InChI=1S/C9H6F3N/c1-13-6-7-2-4-8(5-3-7)9(10,11)12/h2-5H,6H2. The van der Waals surface area contributed by atoms with E-state index in [9.17, 15) is 13.2 Å². The van der Waals surface area contributed by atoms with Crippen LogP contribution < -0.4 is 0 Å². The molecule has 0 saturated carbocycles. The van der Waals surface area contributed by atoms with Crippen LogP contribution >= 0.6 is 0 Å². The number of halogens is 3. The van der Waals surface area contributed by atoms with Crippen molar-refractivity contribution in [1.29, 1.82) is 0 Å². The van der Waals surface area contributed by atoms with Crippen molar-refractivity contribution >= 4 is 0 Å². The highest BCUT2D eigenvalue weighted by molar-refractivity contribution is 5.25. The summed E-state index contributed by atoms with van der Waals surface area (Å²) in [5.41, 5.74) is -0.0794. The molecule has 0 N–H and O–H groups in total. The van der Waals surface area contributed by atoms with Crippen LogP contribution in [0.4, 0.5) is 13.2 Å². The molecule has 1 aromatic rings. The molecule has 0 aromatic heterocycles. The summed E-state index contributed by atoms with van der Waals surface area (Å²) in [6.45, 7) is 6.64. The minimum atomic E-state index is -4.30. The van der Waals surface area contributed by atoms with Crippen molar-refractivity contribution in [3.8, 4) is 0 Å². The topological polar surface area (TPSA) is 4.36 Å². The van der Waals surface area contributed by atoms with Crippen molar-refractivity contribution in [2.24, 2.45) is 0 Å². The van der Waals surface area contributed by atoms with Gasteiger partial charge in [0, 0.05) is 5.56 Å². The quantitative estimate of drug-likeness (QED) is 0.592. The summed E-state index contributed by atoms with van der Waals surface area (Å²) >= 11 is 0. The van der Waals surface area contributed by atoms with Crippen molar-refractivity contribution in [3.05, 3.63) is 46.8 Å². The molecule has 4 heteroatoms. The Morgan fingerprint density at radius 2 is 1.69 bits per heavy atom. The smallest absolute Gasteiger partial charge is 0.312 e. The molecule has 0 radical (unpaired) electrons. The first-order valence-corrected chi connectivity index (χ1v) is 3.53. The minimum Gasteiger partial charge on any atom is -0.312 e. The van der Waals surface area contributed by atoms with Gasteiger partial charge >= 0.3 is 6.18 Å². The summed E-state index contributed by atoms with van der Waals surface area (Å²) in [4.78, 5) is 3.07. The van der Waals surface area contributed by atoms with E-state index in [1.807, 2.05) is 0 Å². The number of rotatable bonds is 1. The Kier molecular flexibility index (Phi) is 2.57. The van der Waals surface area contributed by atoms with Gasteiger partial charge in [-0.15, -0.1) is 0 Å². The van der Waals surface area contributed by atoms with E-state index in [0.29, 0.717) is 5.56 Å². The van der Waals surface area contributed by atoms with E-state index in [1.165, 1.54) is 12.1 Å². The SMILES string of the molecule is [C-]#[N+]Cc1ccc(C(F)(F)F)cc1. The van der Waals surface area contributed by atoms with E-state index >= 15 is 0 Å². The fourth-order valence-corrected chi connectivity index (χ4v) is 0.890. The van der Waals surface area contributed by atoms with E-state index in [4.69, 9.17) is 6.57 Å². The predicted octanol–water partition coefficient (Wildman–Crippen LogP) is 3.12. The third kappa shape index (κ3) is 2.48. The molecule has 0 fully saturated rings. The van der Waals surface area contributed by atoms with Crippen LogP contribution in [0.15, 0.2) is 24.3 Å². The summed E-state index contributed by atoms with van der Waals surface area (Å²) in [6, 6.07) is 4.61. The van der Waals surface area contributed by atoms with Crippen molar-refractivity contribution < 1.29 is 13.2 Å². The molecule has 1 rings (SSSR count). The van der Waals surface area contributed by atoms with Crippen LogP contribution in [-0.2, 0) is 12.7 Å². The highest BCUT2D eigenvalue weighted by atomic mass is 19.4. The maximum absolute atomic E-state index is 12.0. The number of nitrogens with zero attached hydrogens (tertiary/aromatic N) is 1. The maximum atomic E-state index is 12.0. The van der Waals surface area contributed by atoms with E-state index in [1.54, 1.807) is 0 Å². The molecule has 13 heavy (non-hydrogen) atoms. The average Bonchev–Trinajstić information content (AvgIpc) is 2.04. The van der Waals surface area contributed by atoms with Crippen LogP contribution in [0.2, 0.25) is 0 Å². The zero-order valence-electron chi connectivity index (χ0n) is 6.60. The van der Waals surface area contributed by atoms with Gasteiger partial charge in [-0.1, -0.05) is 12.1 Å². The van der Waals surface area contributed by atoms with Gasteiger partial charge in [0.1, 0.15) is 0 Å². The fraction of sp³-hybridized carbons (Fsp3) is 0.222. The van der Waals surface area contributed by atoms with Crippen molar-refractivity contribution in [1.82, 2.24) is 0 Å². The molecule has 0 spiro atoms. The summed E-state index contributed by atoms with van der Waals surface area (Å²) in [6.07, 6.45) is -4.30. The zero-order valence-corrected chi connectivity index (χ0v) is 6.60. The number of alkyl halides is 3. The molecule has 68 valence electrons. The van der Waals surface area contributed by atoms with Crippen molar-refractivity contribution in [3.63, 3.8) is 0 Å². The van der Waals surface area contributed by atoms with Gasteiger partial charge in [0.15, 0.2) is 0 Å². The van der Waals surface area contributed by atoms with Gasteiger partial charge in [0.25, 0.3) is 0 Å². The van der Waals surface area contributed by atoms with Gasteiger partial charge in [0.2, 0.25) is 6.54 Å². The largest absolute Gasteiger partial charge is 0.416 e. The molecule has 0 atom stereocenters. The Labute approximate surface area is 73.6 Å².